The van der Waals surface area contributed by atoms with E-state index in [0.717, 1.165) is 17.1 Å². The third-order valence-electron chi connectivity index (χ3n) is 2.51. The Balaban J connectivity index is 3.09. The van der Waals surface area contributed by atoms with E-state index >= 15 is 0 Å². The van der Waals surface area contributed by atoms with Gasteiger partial charge < -0.3 is 0 Å². The van der Waals surface area contributed by atoms with Gasteiger partial charge in [0, 0.05) is 10.5 Å². The minimum Gasteiger partial charge on any atom is -0.241 e. The number of hydrogen-bond acceptors (Lipinski definition) is 2. The number of aromatic nitrogens is 1. The lowest BCUT2D eigenvalue weighted by Crippen LogP contribution is -1.80. The van der Waals surface area contributed by atoms with Gasteiger partial charge in [0.15, 0.2) is 0 Å². The minimum atomic E-state index is 1.05. The van der Waals surface area contributed by atoms with Crippen molar-refractivity contribution in [1.29, 1.82) is 0 Å². The normalized spacial score (nSPS) is 13.4. The van der Waals surface area contributed by atoms with Gasteiger partial charge in [-0.05, 0) is 27.2 Å². The average molecular weight is 259 g/mol. The van der Waals surface area contributed by atoms with Crippen molar-refractivity contribution in [3.8, 4) is 0 Å². The Kier molecular flexibility index (Phi) is 6.37. The summed E-state index contributed by atoms with van der Waals surface area (Å²) in [5.74, 6) is 0. The summed E-state index contributed by atoms with van der Waals surface area (Å²) in [5, 5.41) is 1.10. The van der Waals surface area contributed by atoms with Gasteiger partial charge in [-0.2, -0.15) is 0 Å². The number of allylic oxidation sites excluding steroid dienone is 8. The molecule has 0 fully saturated rings. The third-order valence-corrected chi connectivity index (χ3v) is 3.86. The lowest BCUT2D eigenvalue weighted by atomic mass is 10.2. The van der Waals surface area contributed by atoms with Crippen LogP contribution in [0.3, 0.4) is 0 Å². The van der Waals surface area contributed by atoms with Crippen LogP contribution < -0.4 is 0 Å². The molecule has 0 saturated heterocycles. The number of thiazole rings is 1. The zero-order valence-corrected chi connectivity index (χ0v) is 12.4. The van der Waals surface area contributed by atoms with Gasteiger partial charge in [-0.15, -0.1) is 11.3 Å². The van der Waals surface area contributed by atoms with E-state index < -0.39 is 0 Å². The summed E-state index contributed by atoms with van der Waals surface area (Å²) in [6, 6.07) is 0. The summed E-state index contributed by atoms with van der Waals surface area (Å²) < 4.78 is 0. The molecule has 0 aliphatic heterocycles. The van der Waals surface area contributed by atoms with Crippen LogP contribution in [-0.2, 0) is 6.42 Å². The van der Waals surface area contributed by atoms with Gasteiger partial charge in [-0.25, -0.2) is 4.98 Å². The Morgan fingerprint density at radius 2 is 1.89 bits per heavy atom. The van der Waals surface area contributed by atoms with E-state index in [2.05, 4.69) is 43.1 Å². The third kappa shape index (κ3) is 4.11. The van der Waals surface area contributed by atoms with Crippen LogP contribution in [0.5, 0.6) is 0 Å². The van der Waals surface area contributed by atoms with Crippen molar-refractivity contribution >= 4 is 16.9 Å². The van der Waals surface area contributed by atoms with Gasteiger partial charge in [0.05, 0.1) is 5.69 Å². The molecule has 0 atom stereocenters. The van der Waals surface area contributed by atoms with Gasteiger partial charge in [0.25, 0.3) is 0 Å². The molecular weight excluding hydrogens is 238 g/mol. The fourth-order valence-corrected chi connectivity index (χ4v) is 2.56. The van der Waals surface area contributed by atoms with Crippen molar-refractivity contribution in [2.45, 2.75) is 34.1 Å². The van der Waals surface area contributed by atoms with Crippen LogP contribution in [0.1, 0.15) is 36.3 Å². The van der Waals surface area contributed by atoms with Crippen LogP contribution in [0, 0.1) is 6.92 Å². The molecule has 0 aliphatic carbocycles. The number of aryl methyl sites for hydroxylation is 2. The molecule has 0 bridgehead atoms. The first-order valence-corrected chi connectivity index (χ1v) is 7.13. The Morgan fingerprint density at radius 3 is 2.44 bits per heavy atom. The summed E-state index contributed by atoms with van der Waals surface area (Å²) in [6.07, 6.45) is 15.5. The molecule has 1 rings (SSSR count). The number of nitrogens with zero attached hydrogens (tertiary/aromatic N) is 1. The quantitative estimate of drug-likeness (QED) is 0.670. The average Bonchev–Trinajstić information content (AvgIpc) is 2.75. The lowest BCUT2D eigenvalue weighted by Gasteiger charge is -1.94. The molecule has 96 valence electrons. The number of hydrogen-bond donors (Lipinski definition) is 0. The van der Waals surface area contributed by atoms with E-state index in [9.17, 15) is 0 Å². The summed E-state index contributed by atoms with van der Waals surface area (Å²) in [7, 11) is 0. The molecule has 0 N–H and O–H groups in total. The first-order valence-electron chi connectivity index (χ1n) is 6.31. The highest BCUT2D eigenvalue weighted by Gasteiger charge is 2.07. The largest absolute Gasteiger partial charge is 0.241 e. The summed E-state index contributed by atoms with van der Waals surface area (Å²) in [4.78, 5) is 6.03. The molecular formula is C16H21NS. The van der Waals surface area contributed by atoms with Crippen molar-refractivity contribution in [2.24, 2.45) is 0 Å². The van der Waals surface area contributed by atoms with Crippen LogP contribution in [0.25, 0.3) is 5.57 Å². The Labute approximate surface area is 114 Å². The molecule has 0 unspecified atom stereocenters. The fourth-order valence-electron chi connectivity index (χ4n) is 1.55. The zero-order chi connectivity index (χ0) is 13.4. The van der Waals surface area contributed by atoms with E-state index in [1.54, 1.807) is 11.3 Å². The molecule has 0 amide bonds. The SMILES string of the molecule is C\C=C/C=C\C(=C/C=C/C)c1nc(C)c(CC)s1. The van der Waals surface area contributed by atoms with Gasteiger partial charge >= 0.3 is 0 Å². The van der Waals surface area contributed by atoms with Crippen LogP contribution in [-0.4, -0.2) is 4.98 Å². The second kappa shape index (κ2) is 7.83. The molecule has 0 aromatic carbocycles. The Bertz CT molecular complexity index is 487. The van der Waals surface area contributed by atoms with E-state index in [1.165, 1.54) is 10.5 Å². The highest BCUT2D eigenvalue weighted by Crippen LogP contribution is 2.25. The van der Waals surface area contributed by atoms with Gasteiger partial charge in [0.2, 0.25) is 0 Å². The highest BCUT2D eigenvalue weighted by molar-refractivity contribution is 7.12. The molecule has 2 heteroatoms. The van der Waals surface area contributed by atoms with Crippen molar-refractivity contribution in [3.63, 3.8) is 0 Å². The Hall–Kier alpha value is -1.41. The predicted octanol–water partition coefficient (Wildman–Crippen LogP) is 5.11. The zero-order valence-electron chi connectivity index (χ0n) is 11.6. The van der Waals surface area contributed by atoms with Crippen molar-refractivity contribution < 1.29 is 0 Å². The lowest BCUT2D eigenvalue weighted by molar-refractivity contribution is 1.11. The molecule has 0 aliphatic rings. The Morgan fingerprint density at radius 1 is 1.17 bits per heavy atom. The van der Waals surface area contributed by atoms with Gasteiger partial charge in [-0.3, -0.25) is 0 Å². The molecule has 0 radical (unpaired) electrons. The molecule has 0 saturated carbocycles. The topological polar surface area (TPSA) is 12.9 Å². The van der Waals surface area contributed by atoms with E-state index in [1.807, 2.05) is 32.1 Å². The maximum atomic E-state index is 4.65. The summed E-state index contributed by atoms with van der Waals surface area (Å²) >= 11 is 1.79. The fraction of sp³-hybridized carbons (Fsp3) is 0.312. The van der Waals surface area contributed by atoms with Gasteiger partial charge in [-0.1, -0.05) is 49.5 Å². The second-order valence-corrected chi connectivity index (χ2v) is 5.00. The van der Waals surface area contributed by atoms with Crippen LogP contribution in [0.2, 0.25) is 0 Å². The molecule has 1 aromatic heterocycles. The van der Waals surface area contributed by atoms with Crippen LogP contribution in [0.15, 0.2) is 42.5 Å². The maximum Gasteiger partial charge on any atom is 0.123 e. The van der Waals surface area contributed by atoms with Crippen molar-refractivity contribution in [3.05, 3.63) is 58.1 Å². The molecule has 1 heterocycles. The first-order chi connectivity index (χ1) is 8.72. The van der Waals surface area contributed by atoms with E-state index in [-0.39, 0.29) is 0 Å². The van der Waals surface area contributed by atoms with Crippen molar-refractivity contribution in [2.75, 3.05) is 0 Å². The summed E-state index contributed by atoms with van der Waals surface area (Å²) in [5.41, 5.74) is 2.32. The van der Waals surface area contributed by atoms with E-state index in [0.29, 0.717) is 0 Å². The van der Waals surface area contributed by atoms with Crippen LogP contribution in [0.4, 0.5) is 0 Å². The molecule has 18 heavy (non-hydrogen) atoms. The molecule has 1 nitrogen and oxygen atoms in total. The van der Waals surface area contributed by atoms with Crippen molar-refractivity contribution in [1.82, 2.24) is 4.98 Å². The number of rotatable bonds is 5. The second-order valence-electron chi connectivity index (χ2n) is 3.91. The predicted molar refractivity (Wildman–Crippen MR) is 83.0 cm³/mol. The standard InChI is InChI=1S/C16H21NS/c1-5-8-10-12-14(11-9-6-2)16-17-13(4)15(7-3)18-16/h5-6,8-12H,7H2,1-4H3/b8-5-,9-6+,12-10-,14-11+. The smallest absolute Gasteiger partial charge is 0.123 e. The monoisotopic (exact) mass is 259 g/mol. The minimum absolute atomic E-state index is 1.05. The molecule has 1 aromatic rings. The van der Waals surface area contributed by atoms with Gasteiger partial charge in [0.1, 0.15) is 5.01 Å². The van der Waals surface area contributed by atoms with Crippen LogP contribution >= 0.6 is 11.3 Å². The molecule has 0 spiro atoms. The highest BCUT2D eigenvalue weighted by atomic mass is 32.1. The summed E-state index contributed by atoms with van der Waals surface area (Å²) in [6.45, 7) is 8.30. The maximum absolute atomic E-state index is 4.65. The van der Waals surface area contributed by atoms with E-state index in [4.69, 9.17) is 0 Å². The first kappa shape index (κ1) is 14.7.